The van der Waals surface area contributed by atoms with Crippen LogP contribution < -0.4 is 0 Å². The fourth-order valence-electron chi connectivity index (χ4n) is 5.49. The number of morpholine rings is 2. The van der Waals surface area contributed by atoms with Crippen LogP contribution in [0.4, 0.5) is 9.59 Å². The van der Waals surface area contributed by atoms with Crippen molar-refractivity contribution in [3.8, 4) is 0 Å². The van der Waals surface area contributed by atoms with Crippen molar-refractivity contribution >= 4 is 12.2 Å². The summed E-state index contributed by atoms with van der Waals surface area (Å²) in [6.45, 7) is 13.8. The van der Waals surface area contributed by atoms with Gasteiger partial charge < -0.3 is 39.0 Å². The first-order valence-electron chi connectivity index (χ1n) is 13.3. The van der Waals surface area contributed by atoms with Crippen LogP contribution in [0.15, 0.2) is 0 Å². The lowest BCUT2D eigenvalue weighted by Crippen LogP contribution is -2.52. The molecular formula is C26H46N2O8. The molecule has 4 aliphatic rings. The monoisotopic (exact) mass is 514 g/mol. The van der Waals surface area contributed by atoms with Crippen molar-refractivity contribution in [3.63, 3.8) is 0 Å². The van der Waals surface area contributed by atoms with Gasteiger partial charge in [0.2, 0.25) is 0 Å². The second-order valence-corrected chi connectivity index (χ2v) is 12.3. The maximum absolute atomic E-state index is 12.1. The Morgan fingerprint density at radius 3 is 1.39 bits per heavy atom. The van der Waals surface area contributed by atoms with Crippen LogP contribution in [0.3, 0.4) is 0 Å². The van der Waals surface area contributed by atoms with Gasteiger partial charge in [-0.25, -0.2) is 9.59 Å². The maximum Gasteiger partial charge on any atom is 0.410 e. The number of carbonyl (C=O) groups is 2. The standard InChI is InChI=1S/2C13H23NO4/c2*1-13(2,3)18-12(16)14-4-5-17-11-7-9(8-15)6-10(11)14/h2*9-11,15H,4-8H2,1-3H3/t2*9?,10-,11-/m10/s1. The molecule has 2 aliphatic carbocycles. The summed E-state index contributed by atoms with van der Waals surface area (Å²) >= 11 is 0. The Balaban J connectivity index is 0.000000201. The summed E-state index contributed by atoms with van der Waals surface area (Å²) in [5, 5.41) is 18.5. The second-order valence-electron chi connectivity index (χ2n) is 12.3. The van der Waals surface area contributed by atoms with Gasteiger partial charge in [-0.3, -0.25) is 0 Å². The van der Waals surface area contributed by atoms with Gasteiger partial charge in [-0.15, -0.1) is 0 Å². The molecule has 10 nitrogen and oxygen atoms in total. The molecule has 0 spiro atoms. The molecule has 0 bridgehead atoms. The predicted octanol–water partition coefficient (Wildman–Crippen LogP) is 2.79. The van der Waals surface area contributed by atoms with E-state index in [1.165, 1.54) is 0 Å². The third kappa shape index (κ3) is 7.69. The lowest BCUT2D eigenvalue weighted by Gasteiger charge is -2.38. The van der Waals surface area contributed by atoms with E-state index in [1.54, 1.807) is 9.80 Å². The van der Waals surface area contributed by atoms with Gasteiger partial charge in [-0.2, -0.15) is 0 Å². The average Bonchev–Trinajstić information content (AvgIpc) is 3.40. The SMILES string of the molecule is CC(C)(C)OC(=O)N1CCO[C@@H]2CC(CO)C[C@H]21.CC(C)(C)OC(=O)N1CCO[C@H]2CC(CO)C[C@@H]21. The van der Waals surface area contributed by atoms with E-state index in [4.69, 9.17) is 18.9 Å². The van der Waals surface area contributed by atoms with Gasteiger partial charge in [0.25, 0.3) is 0 Å². The normalized spacial score (nSPS) is 32.2. The second kappa shape index (κ2) is 11.8. The van der Waals surface area contributed by atoms with E-state index < -0.39 is 11.2 Å². The average molecular weight is 515 g/mol. The van der Waals surface area contributed by atoms with Crippen LogP contribution in [0.25, 0.3) is 0 Å². The molecule has 0 radical (unpaired) electrons. The first-order chi connectivity index (χ1) is 16.8. The highest BCUT2D eigenvalue weighted by Gasteiger charge is 2.45. The molecule has 0 aromatic carbocycles. The van der Waals surface area contributed by atoms with Gasteiger partial charge >= 0.3 is 12.2 Å². The first kappa shape index (κ1) is 28.9. The van der Waals surface area contributed by atoms with Gasteiger partial charge in [0.1, 0.15) is 11.2 Å². The minimum Gasteiger partial charge on any atom is -0.444 e. The molecule has 2 unspecified atom stereocenters. The third-order valence-corrected chi connectivity index (χ3v) is 7.04. The molecule has 2 saturated carbocycles. The van der Waals surface area contributed by atoms with Crippen molar-refractivity contribution in [2.45, 2.75) is 103 Å². The molecule has 6 atom stereocenters. The van der Waals surface area contributed by atoms with E-state index in [0.717, 1.165) is 25.7 Å². The Morgan fingerprint density at radius 2 is 1.08 bits per heavy atom. The van der Waals surface area contributed by atoms with Crippen LogP contribution in [-0.2, 0) is 18.9 Å². The van der Waals surface area contributed by atoms with Crippen molar-refractivity contribution < 1.29 is 38.7 Å². The molecule has 36 heavy (non-hydrogen) atoms. The topological polar surface area (TPSA) is 118 Å². The molecule has 2 heterocycles. The van der Waals surface area contributed by atoms with Gasteiger partial charge in [-0.05, 0) is 79.1 Å². The fourth-order valence-corrected chi connectivity index (χ4v) is 5.49. The van der Waals surface area contributed by atoms with Gasteiger partial charge in [-0.1, -0.05) is 0 Å². The fraction of sp³-hybridized carbons (Fsp3) is 0.923. The summed E-state index contributed by atoms with van der Waals surface area (Å²) < 4.78 is 22.2. The predicted molar refractivity (Wildman–Crippen MR) is 133 cm³/mol. The molecule has 208 valence electrons. The van der Waals surface area contributed by atoms with Crippen LogP contribution in [-0.4, -0.2) is 107 Å². The van der Waals surface area contributed by atoms with Gasteiger partial charge in [0.05, 0.1) is 37.5 Å². The smallest absolute Gasteiger partial charge is 0.410 e. The first-order valence-corrected chi connectivity index (χ1v) is 13.3. The summed E-state index contributed by atoms with van der Waals surface area (Å²) in [4.78, 5) is 27.8. The Bertz CT molecular complexity index is 687. The van der Waals surface area contributed by atoms with Crippen molar-refractivity contribution in [2.24, 2.45) is 11.8 Å². The Hall–Kier alpha value is -1.62. The van der Waals surface area contributed by atoms with E-state index in [0.29, 0.717) is 26.3 Å². The number of hydrogen-bond donors (Lipinski definition) is 2. The molecule has 4 rings (SSSR count). The lowest BCUT2D eigenvalue weighted by molar-refractivity contribution is -0.0636. The molecule has 4 fully saturated rings. The molecule has 2 N–H and O–H groups in total. The van der Waals surface area contributed by atoms with E-state index in [9.17, 15) is 19.8 Å². The number of nitrogens with zero attached hydrogens (tertiary/aromatic N) is 2. The molecule has 2 saturated heterocycles. The summed E-state index contributed by atoms with van der Waals surface area (Å²) in [5.74, 6) is 0.478. The van der Waals surface area contributed by atoms with Gasteiger partial charge in [0, 0.05) is 26.3 Å². The number of fused-ring (bicyclic) bond motifs is 2. The van der Waals surface area contributed by atoms with Gasteiger partial charge in [0.15, 0.2) is 0 Å². The zero-order valence-electron chi connectivity index (χ0n) is 22.8. The van der Waals surface area contributed by atoms with Crippen LogP contribution in [0, 0.1) is 11.8 Å². The number of hydrogen-bond acceptors (Lipinski definition) is 8. The summed E-state index contributed by atoms with van der Waals surface area (Å²) in [5.41, 5.74) is -0.945. The highest BCUT2D eigenvalue weighted by molar-refractivity contribution is 5.69. The van der Waals surface area contributed by atoms with Crippen molar-refractivity contribution in [2.75, 3.05) is 39.5 Å². The highest BCUT2D eigenvalue weighted by atomic mass is 16.6. The lowest BCUT2D eigenvalue weighted by atomic mass is 10.1. The highest BCUT2D eigenvalue weighted by Crippen LogP contribution is 2.35. The number of rotatable bonds is 2. The van der Waals surface area contributed by atoms with Crippen LogP contribution in [0.2, 0.25) is 0 Å². The Kier molecular flexibility index (Phi) is 9.52. The minimum atomic E-state index is -0.472. The van der Waals surface area contributed by atoms with Crippen LogP contribution in [0.5, 0.6) is 0 Å². The molecule has 0 aromatic rings. The zero-order chi connectivity index (χ0) is 26.7. The van der Waals surface area contributed by atoms with Crippen LogP contribution in [0.1, 0.15) is 67.2 Å². The summed E-state index contributed by atoms with van der Waals surface area (Å²) in [6.07, 6.45) is 2.87. The van der Waals surface area contributed by atoms with E-state index in [-0.39, 0.29) is 61.5 Å². The number of aliphatic hydroxyl groups excluding tert-OH is 2. The minimum absolute atomic E-state index is 0.0587. The molecule has 2 aliphatic heterocycles. The summed E-state index contributed by atoms with van der Waals surface area (Å²) in [6, 6.07) is 0.122. The van der Waals surface area contributed by atoms with Crippen LogP contribution >= 0.6 is 0 Å². The quantitative estimate of drug-likeness (QED) is 0.578. The molecular weight excluding hydrogens is 468 g/mol. The molecule has 10 heteroatoms. The largest absolute Gasteiger partial charge is 0.444 e. The molecule has 2 amide bonds. The molecule has 0 aromatic heterocycles. The number of amides is 2. The number of ether oxygens (including phenoxy) is 4. The van der Waals surface area contributed by atoms with E-state index in [1.807, 2.05) is 41.5 Å². The van der Waals surface area contributed by atoms with E-state index in [2.05, 4.69) is 0 Å². The maximum atomic E-state index is 12.1. The number of carbonyl (C=O) groups excluding carboxylic acids is 2. The number of aliphatic hydroxyl groups is 2. The van der Waals surface area contributed by atoms with E-state index >= 15 is 0 Å². The van der Waals surface area contributed by atoms with Crippen molar-refractivity contribution in [1.29, 1.82) is 0 Å². The Labute approximate surface area is 215 Å². The third-order valence-electron chi connectivity index (χ3n) is 7.04. The van der Waals surface area contributed by atoms with Crippen molar-refractivity contribution in [3.05, 3.63) is 0 Å². The summed E-state index contributed by atoms with van der Waals surface area (Å²) in [7, 11) is 0. The zero-order valence-corrected chi connectivity index (χ0v) is 22.8. The Morgan fingerprint density at radius 1 is 0.722 bits per heavy atom. The van der Waals surface area contributed by atoms with Crippen molar-refractivity contribution in [1.82, 2.24) is 9.80 Å².